The van der Waals surface area contributed by atoms with Crippen molar-refractivity contribution in [1.82, 2.24) is 20.2 Å². The third-order valence-corrected chi connectivity index (χ3v) is 4.37. The SMILES string of the molecule is Cc1ccc(NC2CCCCC2CN)cc1-n1cnnn1. The van der Waals surface area contributed by atoms with Gasteiger partial charge in [0, 0.05) is 11.7 Å². The first kappa shape index (κ1) is 14.0. The van der Waals surface area contributed by atoms with E-state index in [1.165, 1.54) is 25.7 Å². The van der Waals surface area contributed by atoms with Crippen LogP contribution in [0.2, 0.25) is 0 Å². The first-order chi connectivity index (χ1) is 10.3. The minimum absolute atomic E-state index is 0.466. The smallest absolute Gasteiger partial charge is 0.143 e. The standard InChI is InChI=1S/C15H22N6/c1-11-6-7-13(8-15(11)21-10-17-19-20-21)18-14-5-3-2-4-12(14)9-16/h6-8,10,12,14,18H,2-5,9,16H2,1H3. The molecule has 2 unspecified atom stereocenters. The van der Waals surface area contributed by atoms with Gasteiger partial charge >= 0.3 is 0 Å². The molecule has 0 radical (unpaired) electrons. The number of hydrogen-bond donors (Lipinski definition) is 2. The number of nitrogens with two attached hydrogens (primary N) is 1. The maximum absolute atomic E-state index is 5.91. The summed E-state index contributed by atoms with van der Waals surface area (Å²) in [6.45, 7) is 2.81. The summed E-state index contributed by atoms with van der Waals surface area (Å²) >= 11 is 0. The Morgan fingerprint density at radius 2 is 2.19 bits per heavy atom. The third kappa shape index (κ3) is 3.05. The summed E-state index contributed by atoms with van der Waals surface area (Å²) in [5.41, 5.74) is 9.17. The zero-order valence-electron chi connectivity index (χ0n) is 12.4. The fourth-order valence-corrected chi connectivity index (χ4v) is 3.11. The van der Waals surface area contributed by atoms with Crippen molar-refractivity contribution < 1.29 is 0 Å². The topological polar surface area (TPSA) is 81.6 Å². The molecule has 21 heavy (non-hydrogen) atoms. The Kier molecular flexibility index (Phi) is 4.15. The Labute approximate surface area is 124 Å². The van der Waals surface area contributed by atoms with E-state index in [4.69, 9.17) is 5.73 Å². The van der Waals surface area contributed by atoms with E-state index in [1.807, 2.05) is 0 Å². The van der Waals surface area contributed by atoms with Crippen LogP contribution in [0.15, 0.2) is 24.5 Å². The van der Waals surface area contributed by atoms with E-state index in [0.29, 0.717) is 12.0 Å². The van der Waals surface area contributed by atoms with Gasteiger partial charge in [0.15, 0.2) is 0 Å². The third-order valence-electron chi connectivity index (χ3n) is 4.37. The lowest BCUT2D eigenvalue weighted by atomic mass is 9.84. The molecule has 0 spiro atoms. The molecule has 6 heteroatoms. The zero-order valence-corrected chi connectivity index (χ0v) is 12.4. The van der Waals surface area contributed by atoms with Crippen molar-refractivity contribution in [2.75, 3.05) is 11.9 Å². The molecule has 0 bridgehead atoms. The fourth-order valence-electron chi connectivity index (χ4n) is 3.11. The van der Waals surface area contributed by atoms with Crippen molar-refractivity contribution in [3.8, 4) is 5.69 Å². The molecule has 1 aromatic carbocycles. The fraction of sp³-hybridized carbons (Fsp3) is 0.533. The number of aryl methyl sites for hydroxylation is 1. The van der Waals surface area contributed by atoms with Gasteiger partial charge in [-0.3, -0.25) is 0 Å². The van der Waals surface area contributed by atoms with Crippen LogP contribution in [0.3, 0.4) is 0 Å². The van der Waals surface area contributed by atoms with Crippen LogP contribution < -0.4 is 11.1 Å². The summed E-state index contributed by atoms with van der Waals surface area (Å²) in [5, 5.41) is 15.0. The summed E-state index contributed by atoms with van der Waals surface area (Å²) in [6.07, 6.45) is 6.61. The molecule has 6 nitrogen and oxygen atoms in total. The van der Waals surface area contributed by atoms with Crippen molar-refractivity contribution >= 4 is 5.69 Å². The normalized spacial score (nSPS) is 22.2. The predicted molar refractivity (Wildman–Crippen MR) is 82.3 cm³/mol. The molecule has 0 amide bonds. The second-order valence-electron chi connectivity index (χ2n) is 5.79. The van der Waals surface area contributed by atoms with E-state index in [9.17, 15) is 0 Å². The Bertz CT molecular complexity index is 580. The van der Waals surface area contributed by atoms with Crippen LogP contribution in [0.25, 0.3) is 5.69 Å². The molecular weight excluding hydrogens is 264 g/mol. The molecule has 3 N–H and O–H groups in total. The number of nitrogens with zero attached hydrogens (tertiary/aromatic N) is 4. The van der Waals surface area contributed by atoms with Gasteiger partial charge in [-0.05, 0) is 60.4 Å². The molecule has 1 fully saturated rings. The highest BCUT2D eigenvalue weighted by molar-refractivity contribution is 5.55. The summed E-state index contributed by atoms with van der Waals surface area (Å²) in [6, 6.07) is 6.78. The van der Waals surface area contributed by atoms with E-state index >= 15 is 0 Å². The zero-order chi connectivity index (χ0) is 14.7. The van der Waals surface area contributed by atoms with Crippen LogP contribution >= 0.6 is 0 Å². The molecule has 1 saturated carbocycles. The minimum atomic E-state index is 0.466. The summed E-state index contributed by atoms with van der Waals surface area (Å²) < 4.78 is 1.70. The van der Waals surface area contributed by atoms with Gasteiger partial charge in [-0.15, -0.1) is 5.10 Å². The lowest BCUT2D eigenvalue weighted by molar-refractivity contribution is 0.332. The van der Waals surface area contributed by atoms with Gasteiger partial charge in [-0.1, -0.05) is 18.9 Å². The van der Waals surface area contributed by atoms with Gasteiger partial charge in [0.25, 0.3) is 0 Å². The maximum atomic E-state index is 5.91. The predicted octanol–water partition coefficient (Wildman–Crippen LogP) is 1.90. The average molecular weight is 286 g/mol. The lowest BCUT2D eigenvalue weighted by Crippen LogP contribution is -2.36. The molecule has 2 aromatic rings. The van der Waals surface area contributed by atoms with Gasteiger partial charge in [0.1, 0.15) is 6.33 Å². The number of tetrazole rings is 1. The number of hydrogen-bond acceptors (Lipinski definition) is 5. The molecule has 3 rings (SSSR count). The molecule has 1 aliphatic carbocycles. The van der Waals surface area contributed by atoms with E-state index in [1.54, 1.807) is 11.0 Å². The van der Waals surface area contributed by atoms with E-state index in [0.717, 1.165) is 23.5 Å². The first-order valence-corrected chi connectivity index (χ1v) is 7.58. The highest BCUT2D eigenvalue weighted by atomic mass is 15.5. The van der Waals surface area contributed by atoms with E-state index < -0.39 is 0 Å². The highest BCUT2D eigenvalue weighted by Crippen LogP contribution is 2.27. The van der Waals surface area contributed by atoms with E-state index in [-0.39, 0.29) is 0 Å². The number of nitrogens with one attached hydrogen (secondary N) is 1. The Morgan fingerprint density at radius 3 is 2.95 bits per heavy atom. The summed E-state index contributed by atoms with van der Waals surface area (Å²) in [5.74, 6) is 0.566. The second-order valence-corrected chi connectivity index (χ2v) is 5.79. The molecule has 112 valence electrons. The molecule has 1 aromatic heterocycles. The van der Waals surface area contributed by atoms with Crippen molar-refractivity contribution in [2.24, 2.45) is 11.7 Å². The maximum Gasteiger partial charge on any atom is 0.143 e. The second kappa shape index (κ2) is 6.22. The van der Waals surface area contributed by atoms with Crippen molar-refractivity contribution in [1.29, 1.82) is 0 Å². The number of rotatable bonds is 4. The van der Waals surface area contributed by atoms with Crippen LogP contribution in [-0.4, -0.2) is 32.8 Å². The molecule has 1 aliphatic rings. The highest BCUT2D eigenvalue weighted by Gasteiger charge is 2.23. The Hall–Kier alpha value is -1.95. The number of aromatic nitrogens is 4. The number of anilines is 1. The van der Waals surface area contributed by atoms with E-state index in [2.05, 4.69) is 46.0 Å². The largest absolute Gasteiger partial charge is 0.382 e. The van der Waals surface area contributed by atoms with Gasteiger partial charge in [0.05, 0.1) is 5.69 Å². The molecular formula is C15H22N6. The number of benzene rings is 1. The Morgan fingerprint density at radius 1 is 1.33 bits per heavy atom. The van der Waals surface area contributed by atoms with Crippen LogP contribution in [0.1, 0.15) is 31.2 Å². The first-order valence-electron chi connectivity index (χ1n) is 7.58. The quantitative estimate of drug-likeness (QED) is 0.897. The molecule has 0 aliphatic heterocycles. The van der Waals surface area contributed by atoms with Gasteiger partial charge in [0.2, 0.25) is 0 Å². The minimum Gasteiger partial charge on any atom is -0.382 e. The molecule has 1 heterocycles. The lowest BCUT2D eigenvalue weighted by Gasteiger charge is -2.32. The van der Waals surface area contributed by atoms with Crippen molar-refractivity contribution in [3.05, 3.63) is 30.1 Å². The summed E-state index contributed by atoms with van der Waals surface area (Å²) in [4.78, 5) is 0. The van der Waals surface area contributed by atoms with Crippen molar-refractivity contribution in [2.45, 2.75) is 38.6 Å². The van der Waals surface area contributed by atoms with Crippen molar-refractivity contribution in [3.63, 3.8) is 0 Å². The monoisotopic (exact) mass is 286 g/mol. The molecule has 0 saturated heterocycles. The van der Waals surface area contributed by atoms with Gasteiger partial charge in [-0.25, -0.2) is 4.68 Å². The average Bonchev–Trinajstić information content (AvgIpc) is 3.04. The Balaban J connectivity index is 1.81. The van der Waals surface area contributed by atoms with Crippen LogP contribution in [0.5, 0.6) is 0 Å². The van der Waals surface area contributed by atoms with Crippen LogP contribution in [0, 0.1) is 12.8 Å². The van der Waals surface area contributed by atoms with Crippen LogP contribution in [0.4, 0.5) is 5.69 Å². The molecule has 2 atom stereocenters. The van der Waals surface area contributed by atoms with Crippen LogP contribution in [-0.2, 0) is 0 Å². The van der Waals surface area contributed by atoms with Gasteiger partial charge < -0.3 is 11.1 Å². The van der Waals surface area contributed by atoms with Gasteiger partial charge in [-0.2, -0.15) is 0 Å². The summed E-state index contributed by atoms with van der Waals surface area (Å²) in [7, 11) is 0.